The molecule has 4 aromatic carbocycles. The maximum absolute atomic E-state index is 12.3. The predicted octanol–water partition coefficient (Wildman–Crippen LogP) is 5.68. The van der Waals surface area contributed by atoms with Crippen LogP contribution >= 0.6 is 0 Å². The Morgan fingerprint density at radius 2 is 1.21 bits per heavy atom. The predicted molar refractivity (Wildman–Crippen MR) is 200 cm³/mol. The van der Waals surface area contributed by atoms with Gasteiger partial charge in [-0.2, -0.15) is 25.3 Å². The first-order valence-electron chi connectivity index (χ1n) is 15.8. The minimum absolute atomic E-state index is 0. The Balaban J connectivity index is 0.00000605. The summed E-state index contributed by atoms with van der Waals surface area (Å²) in [6, 6.07) is 26.2. The van der Waals surface area contributed by atoms with Crippen molar-refractivity contribution in [1.82, 2.24) is 0 Å². The zero-order valence-electron chi connectivity index (χ0n) is 28.2. The molecule has 0 atom stereocenters. The molecule has 4 N–H and O–H groups in total. The molecule has 0 saturated heterocycles. The molecule has 1 aliphatic carbocycles. The minimum Gasteiger partial charge on any atom is -0.412 e. The van der Waals surface area contributed by atoms with Gasteiger partial charge < -0.3 is 10.4 Å². The second-order valence-electron chi connectivity index (χ2n) is 11.4. The molecule has 0 bridgehead atoms. The van der Waals surface area contributed by atoms with Crippen LogP contribution in [-0.4, -0.2) is 58.7 Å². The van der Waals surface area contributed by atoms with E-state index in [0.717, 1.165) is 22.4 Å². The molecule has 1 aliphatic rings. The van der Waals surface area contributed by atoms with E-state index < -0.39 is 30.4 Å². The largest absolute Gasteiger partial charge is 0.412 e. The minimum atomic E-state index is -4.39. The summed E-state index contributed by atoms with van der Waals surface area (Å²) in [6.07, 6.45) is 7.43. The quantitative estimate of drug-likeness (QED) is 0.126. The lowest BCUT2D eigenvalue weighted by Gasteiger charge is -2.24. The highest BCUT2D eigenvalue weighted by Gasteiger charge is 2.17. The zero-order valence-corrected chi connectivity index (χ0v) is 30.7. The summed E-state index contributed by atoms with van der Waals surface area (Å²) in [4.78, 5) is 6.33. The third-order valence-corrected chi connectivity index (χ3v) is 11.1. The zero-order chi connectivity index (χ0) is 36.8. The first-order valence-corrected chi connectivity index (χ1v) is 20.1. The van der Waals surface area contributed by atoms with Crippen LogP contribution in [0.15, 0.2) is 147 Å². The van der Waals surface area contributed by atoms with Crippen LogP contribution in [-0.2, 0) is 47.6 Å². The lowest BCUT2D eigenvalue weighted by Crippen LogP contribution is -2.22. The molecule has 15 heteroatoms. The summed E-state index contributed by atoms with van der Waals surface area (Å²) >= 11 is 0. The van der Waals surface area contributed by atoms with Gasteiger partial charge in [0.15, 0.2) is 0 Å². The van der Waals surface area contributed by atoms with Crippen molar-refractivity contribution in [3.05, 3.63) is 149 Å². The van der Waals surface area contributed by atoms with Crippen LogP contribution < -0.4 is 4.90 Å². The van der Waals surface area contributed by atoms with Gasteiger partial charge in [-0.15, -0.1) is 0 Å². The molecule has 0 spiro atoms. The second-order valence-corrected chi connectivity index (χ2v) is 15.9. The van der Waals surface area contributed by atoms with Crippen molar-refractivity contribution < 1.29 is 44.0 Å². The average Bonchev–Trinajstić information content (AvgIpc) is 3.10. The van der Waals surface area contributed by atoms with Crippen molar-refractivity contribution in [3.63, 3.8) is 0 Å². The van der Waals surface area contributed by atoms with Gasteiger partial charge >= 0.3 is 0 Å². The molecule has 4 aromatic rings. The Morgan fingerprint density at radius 3 is 1.77 bits per heavy atom. The Bertz CT molecular complexity index is 2350. The van der Waals surface area contributed by atoms with Gasteiger partial charge in [-0.05, 0) is 108 Å². The topological polar surface area (TPSA) is 199 Å². The third kappa shape index (κ3) is 9.98. The van der Waals surface area contributed by atoms with Crippen molar-refractivity contribution in [2.75, 3.05) is 18.1 Å². The molecule has 0 aliphatic heterocycles. The average molecular weight is 767 g/mol. The molecule has 0 saturated carbocycles. The van der Waals surface area contributed by atoms with Crippen molar-refractivity contribution in [2.45, 2.75) is 41.6 Å². The van der Waals surface area contributed by atoms with E-state index in [-0.39, 0.29) is 33.3 Å². The van der Waals surface area contributed by atoms with E-state index >= 15 is 0 Å². The summed E-state index contributed by atoms with van der Waals surface area (Å²) in [5.41, 5.74) is 6.03. The Hall–Kier alpha value is -4.74. The normalized spacial score (nSPS) is 13.1. The number of nitrogens with zero attached hydrogens (tertiary/aromatic N) is 2. The standard InChI is InChI=1S/C37H36N2O9S3.H2O/c1-3-39(26-28-8-6-9-35(24-28)50(43,44)45)33-19-13-30(14-20-33)37(31-15-21-34(22-16-31)49(40,41)42)29-11-17-32(18-12-29)38-25-27-7-5-10-36(23-27)51(46,47)48-4-2;/h5-24H,3-4,25-26H2,1-2H3,(H,40,41,42)(H,43,44,45);1H2. The van der Waals surface area contributed by atoms with Gasteiger partial charge in [-0.1, -0.05) is 60.7 Å². The monoisotopic (exact) mass is 766 g/mol. The van der Waals surface area contributed by atoms with Crippen molar-refractivity contribution in [3.8, 4) is 0 Å². The van der Waals surface area contributed by atoms with Crippen LogP contribution in [0.4, 0.5) is 5.69 Å². The van der Waals surface area contributed by atoms with Gasteiger partial charge in [-0.25, -0.2) is 0 Å². The van der Waals surface area contributed by atoms with Gasteiger partial charge in [-0.3, -0.25) is 18.3 Å². The SMILES string of the molecule is CCOS(=O)(=O)c1cccc(CN=C2C=CC(=C(c3ccc(N(CC)Cc4cccc(S(=O)(=O)O)c4)cc3)c3ccc(S(=O)(=O)O)cc3)C=C2)c1.O. The number of hydrogen-bond donors (Lipinski definition) is 2. The van der Waals surface area contributed by atoms with Crippen molar-refractivity contribution in [1.29, 1.82) is 0 Å². The number of rotatable bonds is 13. The summed E-state index contributed by atoms with van der Waals surface area (Å²) < 4.78 is 95.3. The number of hydrogen-bond acceptors (Lipinski definition) is 9. The Kier molecular flexibility index (Phi) is 12.9. The van der Waals surface area contributed by atoms with Crippen LogP contribution in [0.3, 0.4) is 0 Å². The molecule has 0 heterocycles. The Morgan fingerprint density at radius 1 is 0.673 bits per heavy atom. The second kappa shape index (κ2) is 16.7. The smallest absolute Gasteiger partial charge is 0.296 e. The van der Waals surface area contributed by atoms with E-state index in [2.05, 4.69) is 4.99 Å². The highest BCUT2D eigenvalue weighted by molar-refractivity contribution is 7.87. The lowest BCUT2D eigenvalue weighted by atomic mass is 9.90. The van der Waals surface area contributed by atoms with E-state index in [9.17, 15) is 34.4 Å². The molecular formula is C37H38N2O10S3. The first-order chi connectivity index (χ1) is 24.2. The van der Waals surface area contributed by atoms with Gasteiger partial charge in [0.25, 0.3) is 30.4 Å². The summed E-state index contributed by atoms with van der Waals surface area (Å²) in [5.74, 6) is 0. The molecule has 0 aromatic heterocycles. The van der Waals surface area contributed by atoms with Crippen LogP contribution in [0.5, 0.6) is 0 Å². The van der Waals surface area contributed by atoms with E-state index in [1.165, 1.54) is 36.4 Å². The fourth-order valence-corrected chi connectivity index (χ4v) is 7.50. The van der Waals surface area contributed by atoms with Crippen LogP contribution in [0, 0.1) is 0 Å². The van der Waals surface area contributed by atoms with Gasteiger partial charge in [0, 0.05) is 18.8 Å². The fourth-order valence-electron chi connectivity index (χ4n) is 5.48. The van der Waals surface area contributed by atoms with Crippen LogP contribution in [0.1, 0.15) is 36.1 Å². The lowest BCUT2D eigenvalue weighted by molar-refractivity contribution is 0.338. The van der Waals surface area contributed by atoms with Gasteiger partial charge in [0.2, 0.25) is 0 Å². The molecule has 274 valence electrons. The third-order valence-electron chi connectivity index (χ3n) is 7.97. The van der Waals surface area contributed by atoms with Crippen LogP contribution in [0.25, 0.3) is 5.57 Å². The molecule has 5 rings (SSSR count). The summed E-state index contributed by atoms with van der Waals surface area (Å²) in [6.45, 7) is 4.85. The van der Waals surface area contributed by atoms with E-state index in [0.29, 0.717) is 35.5 Å². The summed E-state index contributed by atoms with van der Waals surface area (Å²) in [5, 5.41) is 0. The molecule has 0 amide bonds. The van der Waals surface area contributed by atoms with Gasteiger partial charge in [0.05, 0.1) is 33.5 Å². The van der Waals surface area contributed by atoms with E-state index in [1.54, 1.807) is 43.3 Å². The molecule has 52 heavy (non-hydrogen) atoms. The first kappa shape index (κ1) is 40.0. The maximum Gasteiger partial charge on any atom is 0.296 e. The number of aliphatic imine (C=N–C) groups is 1. The highest BCUT2D eigenvalue weighted by Crippen LogP contribution is 2.32. The van der Waals surface area contributed by atoms with E-state index in [4.69, 9.17) is 4.18 Å². The molecule has 0 fully saturated rings. The molecule has 0 radical (unpaired) electrons. The Labute approximate surface area is 304 Å². The van der Waals surface area contributed by atoms with Crippen molar-refractivity contribution in [2.24, 2.45) is 4.99 Å². The van der Waals surface area contributed by atoms with Crippen molar-refractivity contribution >= 4 is 47.3 Å². The molecule has 12 nitrogen and oxygen atoms in total. The van der Waals surface area contributed by atoms with Gasteiger partial charge in [0.1, 0.15) is 0 Å². The molecule has 0 unspecified atom stereocenters. The van der Waals surface area contributed by atoms with E-state index in [1.807, 2.05) is 60.4 Å². The number of allylic oxidation sites excluding steroid dienone is 5. The number of anilines is 1. The summed E-state index contributed by atoms with van der Waals surface area (Å²) in [7, 11) is -12.6. The maximum atomic E-state index is 12.3. The number of benzene rings is 4. The molecular weight excluding hydrogens is 729 g/mol. The highest BCUT2D eigenvalue weighted by atomic mass is 32.2. The fraction of sp³-hybridized carbons (Fsp3) is 0.162. The van der Waals surface area contributed by atoms with Crippen LogP contribution in [0.2, 0.25) is 0 Å².